The first-order chi connectivity index (χ1) is 11.5. The number of oxime groups is 1. The minimum absolute atomic E-state index is 0.0696. The zero-order valence-corrected chi connectivity index (χ0v) is 12.5. The van der Waals surface area contributed by atoms with E-state index in [1.165, 1.54) is 6.21 Å². The zero-order valence-electron chi connectivity index (χ0n) is 12.5. The molecule has 8 heteroatoms. The van der Waals surface area contributed by atoms with Crippen LogP contribution in [0, 0.1) is 0 Å². The standard InChI is InChI=1S/C16H14F3N3O2/c17-16(18,19)14-6-7-20-10-13(14)15(23)21-8-9-22-24-11-12-4-2-1-3-5-12/h1-7,9-10H,8,11H2,(H,21,23). The van der Waals surface area contributed by atoms with Crippen molar-refractivity contribution in [3.05, 3.63) is 65.5 Å². The predicted octanol–water partition coefficient (Wildman–Crippen LogP) is 3.03. The smallest absolute Gasteiger partial charge is 0.391 e. The van der Waals surface area contributed by atoms with Crippen LogP contribution in [0.2, 0.25) is 0 Å². The molecule has 2 aromatic rings. The van der Waals surface area contributed by atoms with Gasteiger partial charge in [0.05, 0.1) is 23.9 Å². The van der Waals surface area contributed by atoms with Gasteiger partial charge in [-0.2, -0.15) is 13.2 Å². The van der Waals surface area contributed by atoms with E-state index in [1.54, 1.807) is 0 Å². The van der Waals surface area contributed by atoms with Crippen LogP contribution < -0.4 is 5.32 Å². The summed E-state index contributed by atoms with van der Waals surface area (Å²) in [6, 6.07) is 10.1. The molecule has 1 aromatic carbocycles. The lowest BCUT2D eigenvalue weighted by atomic mass is 10.1. The highest BCUT2D eigenvalue weighted by Crippen LogP contribution is 2.31. The normalized spacial score (nSPS) is 11.5. The van der Waals surface area contributed by atoms with Crippen molar-refractivity contribution in [3.8, 4) is 0 Å². The van der Waals surface area contributed by atoms with Gasteiger partial charge in [0, 0.05) is 12.4 Å². The fraction of sp³-hybridized carbons (Fsp3) is 0.188. The summed E-state index contributed by atoms with van der Waals surface area (Å²) < 4.78 is 38.4. The molecule has 1 aromatic heterocycles. The molecule has 0 saturated carbocycles. The van der Waals surface area contributed by atoms with Crippen molar-refractivity contribution < 1.29 is 22.8 Å². The molecule has 0 aliphatic heterocycles. The maximum Gasteiger partial charge on any atom is 0.417 e. The molecule has 0 aliphatic rings. The second-order valence-corrected chi connectivity index (χ2v) is 4.68. The molecule has 0 unspecified atom stereocenters. The van der Waals surface area contributed by atoms with Crippen LogP contribution in [0.3, 0.4) is 0 Å². The van der Waals surface area contributed by atoms with Gasteiger partial charge in [-0.15, -0.1) is 0 Å². The summed E-state index contributed by atoms with van der Waals surface area (Å²) in [6.07, 6.45) is -1.51. The fourth-order valence-corrected chi connectivity index (χ4v) is 1.83. The van der Waals surface area contributed by atoms with Crippen molar-refractivity contribution in [2.24, 2.45) is 5.16 Å². The van der Waals surface area contributed by atoms with Crippen molar-refractivity contribution >= 4 is 12.1 Å². The second kappa shape index (κ2) is 8.09. The summed E-state index contributed by atoms with van der Waals surface area (Å²) in [5.74, 6) is -0.884. The molecule has 1 amide bonds. The number of aromatic nitrogens is 1. The summed E-state index contributed by atoms with van der Waals surface area (Å²) >= 11 is 0. The van der Waals surface area contributed by atoms with E-state index in [0.29, 0.717) is 0 Å². The van der Waals surface area contributed by atoms with Gasteiger partial charge in [0.1, 0.15) is 6.61 Å². The van der Waals surface area contributed by atoms with Gasteiger partial charge in [-0.25, -0.2) is 0 Å². The Morgan fingerprint density at radius 2 is 2.00 bits per heavy atom. The Kier molecular flexibility index (Phi) is 5.89. The van der Waals surface area contributed by atoms with Gasteiger partial charge in [-0.1, -0.05) is 35.5 Å². The monoisotopic (exact) mass is 337 g/mol. The molecule has 0 aliphatic carbocycles. The summed E-state index contributed by atoms with van der Waals surface area (Å²) in [5, 5.41) is 5.93. The molecule has 5 nitrogen and oxygen atoms in total. The molecule has 126 valence electrons. The quantitative estimate of drug-likeness (QED) is 0.651. The Bertz CT molecular complexity index is 703. The minimum atomic E-state index is -4.62. The molecule has 0 spiro atoms. The number of hydrogen-bond donors (Lipinski definition) is 1. The van der Waals surface area contributed by atoms with E-state index >= 15 is 0 Å². The van der Waals surface area contributed by atoms with E-state index < -0.39 is 23.2 Å². The Morgan fingerprint density at radius 1 is 1.25 bits per heavy atom. The molecule has 2 rings (SSSR count). The topological polar surface area (TPSA) is 63.6 Å². The number of nitrogens with zero attached hydrogens (tertiary/aromatic N) is 2. The highest BCUT2D eigenvalue weighted by molar-refractivity contribution is 5.96. The molecule has 0 fully saturated rings. The van der Waals surface area contributed by atoms with Gasteiger partial charge < -0.3 is 10.2 Å². The third-order valence-corrected chi connectivity index (χ3v) is 2.95. The Labute approximate surface area is 136 Å². The molecule has 0 bridgehead atoms. The van der Waals surface area contributed by atoms with Crippen molar-refractivity contribution in [1.29, 1.82) is 0 Å². The fourth-order valence-electron chi connectivity index (χ4n) is 1.83. The molecular formula is C16H14F3N3O2. The molecule has 1 N–H and O–H groups in total. The van der Waals surface area contributed by atoms with Crippen molar-refractivity contribution in [1.82, 2.24) is 10.3 Å². The molecule has 0 saturated heterocycles. The molecule has 1 heterocycles. The number of pyridine rings is 1. The number of hydrogen-bond acceptors (Lipinski definition) is 4. The molecule has 0 atom stereocenters. The second-order valence-electron chi connectivity index (χ2n) is 4.68. The van der Waals surface area contributed by atoms with Crippen LogP contribution in [0.15, 0.2) is 53.9 Å². The van der Waals surface area contributed by atoms with E-state index in [1.807, 2.05) is 30.3 Å². The Balaban J connectivity index is 1.82. The van der Waals surface area contributed by atoms with Crippen LogP contribution >= 0.6 is 0 Å². The van der Waals surface area contributed by atoms with Crippen LogP contribution in [0.4, 0.5) is 13.2 Å². The first-order valence-electron chi connectivity index (χ1n) is 6.95. The predicted molar refractivity (Wildman–Crippen MR) is 81.3 cm³/mol. The Hall–Kier alpha value is -2.90. The van der Waals surface area contributed by atoms with Crippen LogP contribution in [-0.2, 0) is 17.6 Å². The van der Waals surface area contributed by atoms with Gasteiger partial charge in [0.2, 0.25) is 0 Å². The highest BCUT2D eigenvalue weighted by Gasteiger charge is 2.35. The maximum absolute atomic E-state index is 12.8. The van der Waals surface area contributed by atoms with E-state index in [9.17, 15) is 18.0 Å². The number of nitrogens with one attached hydrogen (secondary N) is 1. The molecule has 24 heavy (non-hydrogen) atoms. The van der Waals surface area contributed by atoms with Gasteiger partial charge >= 0.3 is 6.18 Å². The van der Waals surface area contributed by atoms with Crippen LogP contribution in [-0.4, -0.2) is 23.7 Å². The summed E-state index contributed by atoms with van der Waals surface area (Å²) in [4.78, 5) is 20.4. The molecular weight excluding hydrogens is 323 g/mol. The zero-order chi connectivity index (χ0) is 17.4. The van der Waals surface area contributed by atoms with E-state index in [-0.39, 0.29) is 13.2 Å². The third kappa shape index (κ3) is 5.08. The van der Waals surface area contributed by atoms with Gasteiger partial charge in [0.15, 0.2) is 0 Å². The first kappa shape index (κ1) is 17.5. The van der Waals surface area contributed by atoms with E-state index in [4.69, 9.17) is 4.84 Å². The Morgan fingerprint density at radius 3 is 2.71 bits per heavy atom. The number of carbonyl (C=O) groups excluding carboxylic acids is 1. The molecule has 0 radical (unpaired) electrons. The summed E-state index contributed by atoms with van der Waals surface area (Å²) in [5.41, 5.74) is -0.653. The minimum Gasteiger partial charge on any atom is -0.391 e. The van der Waals surface area contributed by atoms with Gasteiger partial charge in [0.25, 0.3) is 5.91 Å². The largest absolute Gasteiger partial charge is 0.417 e. The van der Waals surface area contributed by atoms with E-state index in [2.05, 4.69) is 15.5 Å². The maximum atomic E-state index is 12.8. The van der Waals surface area contributed by atoms with Crippen molar-refractivity contribution in [2.45, 2.75) is 12.8 Å². The van der Waals surface area contributed by atoms with Gasteiger partial charge in [-0.3, -0.25) is 9.78 Å². The van der Waals surface area contributed by atoms with Crippen molar-refractivity contribution in [3.63, 3.8) is 0 Å². The number of benzene rings is 1. The van der Waals surface area contributed by atoms with Gasteiger partial charge in [-0.05, 0) is 11.6 Å². The number of amides is 1. The first-order valence-corrected chi connectivity index (χ1v) is 6.95. The lowest BCUT2D eigenvalue weighted by Crippen LogP contribution is -2.28. The summed E-state index contributed by atoms with van der Waals surface area (Å²) in [6.45, 7) is 0.186. The van der Waals surface area contributed by atoms with Crippen LogP contribution in [0.5, 0.6) is 0 Å². The number of halogens is 3. The van der Waals surface area contributed by atoms with Crippen LogP contribution in [0.25, 0.3) is 0 Å². The van der Waals surface area contributed by atoms with Crippen LogP contribution in [0.1, 0.15) is 21.5 Å². The van der Waals surface area contributed by atoms with Crippen molar-refractivity contribution in [2.75, 3.05) is 6.54 Å². The lowest BCUT2D eigenvalue weighted by molar-refractivity contribution is -0.138. The SMILES string of the molecule is O=C(NCC=NOCc1ccccc1)c1cnccc1C(F)(F)F. The third-order valence-electron chi connectivity index (χ3n) is 2.95. The average Bonchev–Trinajstić information content (AvgIpc) is 2.58. The number of rotatable bonds is 6. The van der Waals surface area contributed by atoms with E-state index in [0.717, 1.165) is 24.0 Å². The average molecular weight is 337 g/mol. The summed E-state index contributed by atoms with van der Waals surface area (Å²) in [7, 11) is 0. The number of carbonyl (C=O) groups is 1. The lowest BCUT2D eigenvalue weighted by Gasteiger charge is -2.11. The highest BCUT2D eigenvalue weighted by atomic mass is 19.4. The number of alkyl halides is 3.